The summed E-state index contributed by atoms with van der Waals surface area (Å²) in [5, 5.41) is 18.0. The second-order valence-corrected chi connectivity index (χ2v) is 7.48. The monoisotopic (exact) mass is 465 g/mol. The van der Waals surface area contributed by atoms with E-state index in [1.54, 1.807) is 12.3 Å². The van der Waals surface area contributed by atoms with Gasteiger partial charge in [-0.15, -0.1) is 0 Å². The van der Waals surface area contributed by atoms with Crippen molar-refractivity contribution in [3.8, 4) is 5.75 Å². The first kappa shape index (κ1) is 24.0. The van der Waals surface area contributed by atoms with Gasteiger partial charge in [0.15, 0.2) is 0 Å². The molecule has 0 amide bonds. The highest BCUT2D eigenvalue weighted by molar-refractivity contribution is 6.42. The van der Waals surface area contributed by atoms with Gasteiger partial charge in [-0.25, -0.2) is 9.78 Å². The van der Waals surface area contributed by atoms with E-state index < -0.39 is 12.1 Å². The Labute approximate surface area is 181 Å². The molecule has 30 heavy (non-hydrogen) atoms. The molecule has 2 heterocycles. The van der Waals surface area contributed by atoms with Gasteiger partial charge in [0, 0.05) is 37.0 Å². The minimum atomic E-state index is -5.08. The third-order valence-electron chi connectivity index (χ3n) is 4.69. The van der Waals surface area contributed by atoms with Crippen LogP contribution in [0.3, 0.4) is 0 Å². The SMILES string of the molecule is NC(c1cc(Cl)c(Cl)cc1O)C1CCN(c2ccccn2)CC1.O=C(O)C(F)(F)F. The first-order chi connectivity index (χ1) is 14.0. The molecule has 1 fully saturated rings. The van der Waals surface area contributed by atoms with E-state index in [4.69, 9.17) is 38.8 Å². The van der Waals surface area contributed by atoms with Gasteiger partial charge < -0.3 is 20.8 Å². The Hall–Kier alpha value is -2.23. The molecule has 6 nitrogen and oxygen atoms in total. The Kier molecular flexibility index (Phi) is 8.17. The number of hydrogen-bond donors (Lipinski definition) is 3. The molecule has 1 atom stereocenters. The van der Waals surface area contributed by atoms with E-state index in [1.165, 1.54) is 6.07 Å². The summed E-state index contributed by atoms with van der Waals surface area (Å²) < 4.78 is 31.7. The minimum Gasteiger partial charge on any atom is -0.508 e. The van der Waals surface area contributed by atoms with Crippen LogP contribution >= 0.6 is 23.2 Å². The summed E-state index contributed by atoms with van der Waals surface area (Å²) in [6, 6.07) is 8.81. The van der Waals surface area contributed by atoms with Crippen LogP contribution in [0.5, 0.6) is 5.75 Å². The van der Waals surface area contributed by atoms with Gasteiger partial charge in [-0.2, -0.15) is 13.2 Å². The van der Waals surface area contributed by atoms with Crippen LogP contribution in [0.4, 0.5) is 19.0 Å². The Morgan fingerprint density at radius 1 is 1.20 bits per heavy atom. The van der Waals surface area contributed by atoms with Crippen molar-refractivity contribution < 1.29 is 28.2 Å². The predicted molar refractivity (Wildman–Crippen MR) is 108 cm³/mol. The maximum absolute atomic E-state index is 10.6. The highest BCUT2D eigenvalue weighted by atomic mass is 35.5. The second-order valence-electron chi connectivity index (χ2n) is 6.67. The van der Waals surface area contributed by atoms with Crippen LogP contribution in [0.1, 0.15) is 24.4 Å². The molecule has 0 spiro atoms. The summed E-state index contributed by atoms with van der Waals surface area (Å²) in [7, 11) is 0. The molecule has 4 N–H and O–H groups in total. The molecular formula is C19H20Cl2F3N3O3. The van der Waals surface area contributed by atoms with Crippen LogP contribution < -0.4 is 10.6 Å². The van der Waals surface area contributed by atoms with Crippen LogP contribution in [-0.2, 0) is 4.79 Å². The molecular weight excluding hydrogens is 446 g/mol. The zero-order valence-corrected chi connectivity index (χ0v) is 17.1. The summed E-state index contributed by atoms with van der Waals surface area (Å²) in [6.07, 6.45) is -1.39. The van der Waals surface area contributed by atoms with Crippen molar-refractivity contribution in [1.29, 1.82) is 0 Å². The zero-order chi connectivity index (χ0) is 22.5. The van der Waals surface area contributed by atoms with Gasteiger partial charge in [0.05, 0.1) is 10.0 Å². The van der Waals surface area contributed by atoms with Crippen LogP contribution in [0.2, 0.25) is 10.0 Å². The van der Waals surface area contributed by atoms with E-state index in [-0.39, 0.29) is 17.7 Å². The van der Waals surface area contributed by atoms with E-state index in [0.29, 0.717) is 15.6 Å². The maximum atomic E-state index is 10.6. The normalized spacial score (nSPS) is 15.9. The van der Waals surface area contributed by atoms with Crippen molar-refractivity contribution in [3.63, 3.8) is 0 Å². The summed E-state index contributed by atoms with van der Waals surface area (Å²) in [4.78, 5) is 15.5. The number of aromatic nitrogens is 1. The number of hydrogen-bond acceptors (Lipinski definition) is 5. The highest BCUT2D eigenvalue weighted by Crippen LogP contribution is 2.38. The number of aliphatic carboxylic acids is 1. The molecule has 2 aromatic rings. The number of phenolic OH excluding ortho intramolecular Hbond substituents is 1. The lowest BCUT2D eigenvalue weighted by Gasteiger charge is -2.35. The van der Waals surface area contributed by atoms with Crippen molar-refractivity contribution >= 4 is 35.0 Å². The molecule has 0 aliphatic carbocycles. The molecule has 1 aromatic carbocycles. The Bertz CT molecular complexity index is 861. The lowest BCUT2D eigenvalue weighted by molar-refractivity contribution is -0.192. The third-order valence-corrected chi connectivity index (χ3v) is 5.41. The predicted octanol–water partition coefficient (Wildman–Crippen LogP) is 4.64. The van der Waals surface area contributed by atoms with Gasteiger partial charge in [0.1, 0.15) is 11.6 Å². The smallest absolute Gasteiger partial charge is 0.490 e. The Morgan fingerprint density at radius 2 is 1.77 bits per heavy atom. The fourth-order valence-electron chi connectivity index (χ4n) is 3.10. The van der Waals surface area contributed by atoms with E-state index in [9.17, 15) is 18.3 Å². The van der Waals surface area contributed by atoms with E-state index in [2.05, 4.69) is 9.88 Å². The van der Waals surface area contributed by atoms with Crippen molar-refractivity contribution in [3.05, 3.63) is 52.1 Å². The molecule has 1 saturated heterocycles. The van der Waals surface area contributed by atoms with E-state index >= 15 is 0 Å². The lowest BCUT2D eigenvalue weighted by atomic mass is 9.85. The number of carbonyl (C=O) groups is 1. The van der Waals surface area contributed by atoms with Crippen LogP contribution in [-0.4, -0.2) is 40.4 Å². The molecule has 1 aromatic heterocycles. The number of benzene rings is 1. The summed E-state index contributed by atoms with van der Waals surface area (Å²) >= 11 is 12.0. The minimum absolute atomic E-state index is 0.110. The summed E-state index contributed by atoms with van der Waals surface area (Å²) in [5.74, 6) is -1.36. The number of piperidine rings is 1. The van der Waals surface area contributed by atoms with Gasteiger partial charge >= 0.3 is 12.1 Å². The van der Waals surface area contributed by atoms with E-state index in [0.717, 1.165) is 31.7 Å². The zero-order valence-electron chi connectivity index (χ0n) is 15.6. The molecule has 1 aliphatic heterocycles. The fourth-order valence-corrected chi connectivity index (χ4v) is 3.43. The number of carboxylic acid groups (broad SMARTS) is 1. The molecule has 3 rings (SSSR count). The molecule has 0 bridgehead atoms. The quantitative estimate of drug-likeness (QED) is 0.610. The maximum Gasteiger partial charge on any atom is 0.490 e. The number of halogens is 5. The molecule has 11 heteroatoms. The van der Waals surface area contributed by atoms with Crippen molar-refractivity contribution in [2.75, 3.05) is 18.0 Å². The van der Waals surface area contributed by atoms with Crippen molar-refractivity contribution in [2.24, 2.45) is 11.7 Å². The lowest BCUT2D eigenvalue weighted by Crippen LogP contribution is -2.37. The first-order valence-corrected chi connectivity index (χ1v) is 9.66. The molecule has 0 saturated carbocycles. The number of alkyl halides is 3. The number of carboxylic acids is 1. The summed E-state index contributed by atoms with van der Waals surface area (Å²) in [5.41, 5.74) is 7.04. The van der Waals surface area contributed by atoms with Crippen LogP contribution in [0.15, 0.2) is 36.5 Å². The number of phenols is 1. The Balaban J connectivity index is 0.000000396. The Morgan fingerprint density at radius 3 is 2.27 bits per heavy atom. The van der Waals surface area contributed by atoms with Gasteiger partial charge in [0.25, 0.3) is 0 Å². The number of nitrogens with two attached hydrogens (primary N) is 1. The van der Waals surface area contributed by atoms with Gasteiger partial charge in [-0.3, -0.25) is 0 Å². The van der Waals surface area contributed by atoms with Gasteiger partial charge in [0.2, 0.25) is 0 Å². The number of nitrogens with zero attached hydrogens (tertiary/aromatic N) is 2. The third kappa shape index (κ3) is 6.38. The second kappa shape index (κ2) is 10.2. The molecule has 1 unspecified atom stereocenters. The average molecular weight is 466 g/mol. The van der Waals surface area contributed by atoms with Crippen molar-refractivity contribution in [2.45, 2.75) is 25.1 Å². The molecule has 0 radical (unpaired) electrons. The van der Waals surface area contributed by atoms with E-state index in [1.807, 2.05) is 18.2 Å². The number of rotatable bonds is 3. The van der Waals surface area contributed by atoms with Crippen LogP contribution in [0, 0.1) is 5.92 Å². The largest absolute Gasteiger partial charge is 0.508 e. The number of pyridine rings is 1. The topological polar surface area (TPSA) is 99.7 Å². The standard InChI is InChI=1S/C17H19Cl2N3O.C2HF3O2/c18-13-9-12(15(23)10-14(13)19)17(20)11-4-7-22(8-5-11)16-3-1-2-6-21-16;3-2(4,5)1(6)7/h1-3,6,9-11,17,23H,4-5,7-8,20H2;(H,6,7). The highest BCUT2D eigenvalue weighted by Gasteiger charge is 2.38. The number of anilines is 1. The fraction of sp³-hybridized carbons (Fsp3) is 0.368. The van der Waals surface area contributed by atoms with Gasteiger partial charge in [-0.05, 0) is 37.0 Å². The van der Waals surface area contributed by atoms with Gasteiger partial charge in [-0.1, -0.05) is 29.3 Å². The van der Waals surface area contributed by atoms with Crippen molar-refractivity contribution in [1.82, 2.24) is 4.98 Å². The first-order valence-electron chi connectivity index (χ1n) is 8.90. The van der Waals surface area contributed by atoms with Crippen LogP contribution in [0.25, 0.3) is 0 Å². The molecule has 164 valence electrons. The average Bonchev–Trinajstić information content (AvgIpc) is 2.71. The summed E-state index contributed by atoms with van der Waals surface area (Å²) in [6.45, 7) is 1.80. The number of aromatic hydroxyl groups is 1. The molecule has 1 aliphatic rings.